The molecule has 0 aliphatic carbocycles. The van der Waals surface area contributed by atoms with Crippen LogP contribution in [0.15, 0.2) is 42.6 Å². The number of anilines is 1. The Morgan fingerprint density at radius 3 is 2.64 bits per heavy atom. The predicted octanol–water partition coefficient (Wildman–Crippen LogP) is 4.02. The molecular formula is C28H37ClN6O4. The number of carbonyl (C=O) groups excluding carboxylic acids is 3. The summed E-state index contributed by atoms with van der Waals surface area (Å²) in [7, 11) is 0. The van der Waals surface area contributed by atoms with E-state index in [1.54, 1.807) is 40.1 Å². The Morgan fingerprint density at radius 1 is 1.13 bits per heavy atom. The van der Waals surface area contributed by atoms with Gasteiger partial charge in [-0.25, -0.2) is 9.78 Å². The number of rotatable bonds is 5. The van der Waals surface area contributed by atoms with Crippen LogP contribution in [0, 0.1) is 0 Å². The Labute approximate surface area is 234 Å². The van der Waals surface area contributed by atoms with Crippen LogP contribution in [0.1, 0.15) is 50.4 Å². The van der Waals surface area contributed by atoms with E-state index in [9.17, 15) is 14.4 Å². The van der Waals surface area contributed by atoms with Gasteiger partial charge in [0.05, 0.1) is 23.5 Å². The summed E-state index contributed by atoms with van der Waals surface area (Å²) in [6.07, 6.45) is 5.58. The zero-order valence-corrected chi connectivity index (χ0v) is 23.8. The van der Waals surface area contributed by atoms with Crippen LogP contribution >= 0.6 is 11.6 Å². The average molecular weight is 557 g/mol. The lowest BCUT2D eigenvalue weighted by atomic mass is 10.2. The molecule has 0 spiro atoms. The lowest BCUT2D eigenvalue weighted by Crippen LogP contribution is -2.43. The number of para-hydroxylation sites is 1. The van der Waals surface area contributed by atoms with Gasteiger partial charge in [-0.15, -0.1) is 0 Å². The summed E-state index contributed by atoms with van der Waals surface area (Å²) in [6.45, 7) is 11.7. The van der Waals surface area contributed by atoms with Gasteiger partial charge in [-0.3, -0.25) is 14.5 Å². The lowest BCUT2D eigenvalue weighted by molar-refractivity contribution is -0.127. The molecular weight excluding hydrogens is 520 g/mol. The van der Waals surface area contributed by atoms with Crippen molar-refractivity contribution in [3.63, 3.8) is 0 Å². The van der Waals surface area contributed by atoms with Crippen molar-refractivity contribution in [2.24, 2.45) is 0 Å². The van der Waals surface area contributed by atoms with Crippen molar-refractivity contribution in [1.29, 1.82) is 0 Å². The topological polar surface area (TPSA) is 100 Å². The molecule has 1 aromatic carbocycles. The molecule has 1 saturated heterocycles. The fraction of sp³-hybridized carbons (Fsp3) is 0.500. The summed E-state index contributed by atoms with van der Waals surface area (Å²) in [5.41, 5.74) is 0.447. The Hall–Kier alpha value is -3.37. The molecule has 1 N–H and O–H groups in total. The number of aromatic nitrogens is 2. The Balaban J connectivity index is 1.29. The fourth-order valence-electron chi connectivity index (χ4n) is 4.75. The van der Waals surface area contributed by atoms with Crippen LogP contribution in [-0.4, -0.2) is 86.5 Å². The second-order valence-electron chi connectivity index (χ2n) is 10.9. The molecule has 11 heteroatoms. The number of hydrogen-bond donors (Lipinski definition) is 1. The van der Waals surface area contributed by atoms with E-state index in [2.05, 4.69) is 22.1 Å². The number of amides is 3. The zero-order chi connectivity index (χ0) is 28.2. The van der Waals surface area contributed by atoms with Crippen LogP contribution in [0.25, 0.3) is 0 Å². The first-order valence-electron chi connectivity index (χ1n) is 13.3. The number of nitrogens with one attached hydrogen (secondary N) is 1. The molecule has 3 heterocycles. The van der Waals surface area contributed by atoms with E-state index in [0.717, 1.165) is 13.0 Å². The normalized spacial score (nSPS) is 18.5. The molecule has 210 valence electrons. The monoisotopic (exact) mass is 556 g/mol. The van der Waals surface area contributed by atoms with Gasteiger partial charge in [0.2, 0.25) is 5.91 Å². The standard InChI is InChI=1S/C28H37ClN6O4/c1-20-18-34(27(38)39-28(2,3)4)14-8-13-32(20)12-7-11-25(36)33-15-16-35-23(17-30-24(35)19-33)26(37)31-22-10-6-5-9-21(22)29/h5-7,9-11,17,20H,8,12-16,18-19H2,1-4H3,(H,31,37)/b11-7+/t20-/m0/s1. The van der Waals surface area contributed by atoms with E-state index < -0.39 is 5.60 Å². The van der Waals surface area contributed by atoms with E-state index in [4.69, 9.17) is 16.3 Å². The van der Waals surface area contributed by atoms with Gasteiger partial charge < -0.3 is 24.4 Å². The van der Waals surface area contributed by atoms with Crippen LogP contribution in [0.2, 0.25) is 5.02 Å². The van der Waals surface area contributed by atoms with E-state index in [-0.39, 0.29) is 23.9 Å². The van der Waals surface area contributed by atoms with E-state index in [1.165, 1.54) is 6.20 Å². The minimum Gasteiger partial charge on any atom is -0.444 e. The van der Waals surface area contributed by atoms with Crippen molar-refractivity contribution >= 4 is 35.2 Å². The van der Waals surface area contributed by atoms with Gasteiger partial charge in [-0.05, 0) is 46.2 Å². The lowest BCUT2D eigenvalue weighted by Gasteiger charge is -2.30. The maximum Gasteiger partial charge on any atom is 0.410 e. The number of benzene rings is 1. The first-order valence-corrected chi connectivity index (χ1v) is 13.7. The van der Waals surface area contributed by atoms with Gasteiger partial charge in [0.15, 0.2) is 0 Å². The third-order valence-electron chi connectivity index (χ3n) is 6.76. The molecule has 0 saturated carbocycles. The van der Waals surface area contributed by atoms with Gasteiger partial charge in [0.1, 0.15) is 17.1 Å². The molecule has 1 fully saturated rings. The van der Waals surface area contributed by atoms with Crippen molar-refractivity contribution in [2.75, 3.05) is 38.0 Å². The van der Waals surface area contributed by atoms with Crippen LogP contribution in [0.5, 0.6) is 0 Å². The highest BCUT2D eigenvalue weighted by Crippen LogP contribution is 2.22. The van der Waals surface area contributed by atoms with E-state index in [1.807, 2.05) is 31.4 Å². The van der Waals surface area contributed by atoms with Crippen LogP contribution in [0.4, 0.5) is 10.5 Å². The largest absolute Gasteiger partial charge is 0.444 e. The molecule has 10 nitrogen and oxygen atoms in total. The summed E-state index contributed by atoms with van der Waals surface area (Å²) in [6, 6.07) is 7.19. The highest BCUT2D eigenvalue weighted by molar-refractivity contribution is 6.33. The molecule has 0 bridgehead atoms. The summed E-state index contributed by atoms with van der Waals surface area (Å²) in [5.74, 6) is 0.276. The number of hydrogen-bond acceptors (Lipinski definition) is 6. The number of halogens is 1. The molecule has 1 atom stereocenters. The molecule has 3 amide bonds. The number of ether oxygens (including phenoxy) is 1. The number of fused-ring (bicyclic) bond motifs is 1. The highest BCUT2D eigenvalue weighted by Gasteiger charge is 2.28. The summed E-state index contributed by atoms with van der Waals surface area (Å²) < 4.78 is 7.38. The van der Waals surface area contributed by atoms with Crippen LogP contribution in [-0.2, 0) is 22.6 Å². The summed E-state index contributed by atoms with van der Waals surface area (Å²) in [5, 5.41) is 3.29. The minimum absolute atomic E-state index is 0.0934. The second kappa shape index (κ2) is 12.2. The van der Waals surface area contributed by atoms with Gasteiger partial charge in [0, 0.05) is 51.4 Å². The predicted molar refractivity (Wildman–Crippen MR) is 150 cm³/mol. The van der Waals surface area contributed by atoms with Crippen LogP contribution < -0.4 is 5.32 Å². The van der Waals surface area contributed by atoms with Gasteiger partial charge >= 0.3 is 6.09 Å². The molecule has 2 aliphatic rings. The van der Waals surface area contributed by atoms with Gasteiger partial charge in [-0.1, -0.05) is 29.8 Å². The van der Waals surface area contributed by atoms with Gasteiger partial charge in [0.25, 0.3) is 5.91 Å². The Bertz CT molecular complexity index is 1240. The quantitative estimate of drug-likeness (QED) is 0.558. The molecule has 2 aliphatic heterocycles. The zero-order valence-electron chi connectivity index (χ0n) is 23.0. The smallest absolute Gasteiger partial charge is 0.410 e. The van der Waals surface area contributed by atoms with Crippen LogP contribution in [0.3, 0.4) is 0 Å². The maximum atomic E-state index is 12.9. The first kappa shape index (κ1) is 28.6. The first-order chi connectivity index (χ1) is 18.5. The Kier molecular flexibility index (Phi) is 8.97. The summed E-state index contributed by atoms with van der Waals surface area (Å²) >= 11 is 6.16. The summed E-state index contributed by atoms with van der Waals surface area (Å²) in [4.78, 5) is 48.4. The number of carbonyl (C=O) groups is 3. The average Bonchev–Trinajstić information content (AvgIpc) is 3.21. The van der Waals surface area contributed by atoms with Crippen molar-refractivity contribution in [3.8, 4) is 0 Å². The highest BCUT2D eigenvalue weighted by atomic mass is 35.5. The minimum atomic E-state index is -0.522. The fourth-order valence-corrected chi connectivity index (χ4v) is 4.93. The molecule has 0 unspecified atom stereocenters. The Morgan fingerprint density at radius 2 is 1.90 bits per heavy atom. The van der Waals surface area contributed by atoms with Crippen molar-refractivity contribution in [1.82, 2.24) is 24.3 Å². The second-order valence-corrected chi connectivity index (χ2v) is 11.3. The van der Waals surface area contributed by atoms with Gasteiger partial charge in [-0.2, -0.15) is 0 Å². The number of nitrogens with zero attached hydrogens (tertiary/aromatic N) is 5. The third kappa shape index (κ3) is 7.39. The molecule has 1 aromatic heterocycles. The van der Waals surface area contributed by atoms with Crippen molar-refractivity contribution < 1.29 is 19.1 Å². The SMILES string of the molecule is C[C@H]1CN(C(=O)OC(C)(C)C)CCCN1C/C=C/C(=O)N1CCn2c(C(=O)Nc3ccccc3Cl)cnc2C1. The van der Waals surface area contributed by atoms with E-state index >= 15 is 0 Å². The van der Waals surface area contributed by atoms with E-state index in [0.29, 0.717) is 61.5 Å². The maximum absolute atomic E-state index is 12.9. The molecule has 4 rings (SSSR count). The number of imidazole rings is 1. The molecule has 2 aromatic rings. The van der Waals surface area contributed by atoms with Crippen molar-refractivity contribution in [3.05, 3.63) is 59.2 Å². The third-order valence-corrected chi connectivity index (χ3v) is 7.09. The molecule has 0 radical (unpaired) electrons. The molecule has 39 heavy (non-hydrogen) atoms. The van der Waals surface area contributed by atoms with Crippen molar-refractivity contribution in [2.45, 2.75) is 58.8 Å².